The zero-order chi connectivity index (χ0) is 22.1. The van der Waals surface area contributed by atoms with Crippen molar-refractivity contribution in [2.75, 3.05) is 26.2 Å². The van der Waals surface area contributed by atoms with Crippen LogP contribution in [0, 0.1) is 6.92 Å². The molecular formula is C26H30N4O2. The molecule has 32 heavy (non-hydrogen) atoms. The molecule has 2 aliphatic rings. The highest BCUT2D eigenvalue weighted by Gasteiger charge is 2.41. The molecule has 3 aromatic rings. The second-order valence-electron chi connectivity index (χ2n) is 9.11. The van der Waals surface area contributed by atoms with E-state index in [1.165, 1.54) is 5.56 Å². The summed E-state index contributed by atoms with van der Waals surface area (Å²) >= 11 is 0. The molecular weight excluding hydrogens is 400 g/mol. The number of nitrogens with zero attached hydrogens (tertiary/aromatic N) is 4. The van der Waals surface area contributed by atoms with Crippen molar-refractivity contribution in [2.24, 2.45) is 0 Å². The first kappa shape index (κ1) is 20.7. The van der Waals surface area contributed by atoms with Gasteiger partial charge < -0.3 is 14.2 Å². The number of likely N-dealkylation sites (tertiary alicyclic amines) is 2. The summed E-state index contributed by atoms with van der Waals surface area (Å²) in [7, 11) is 0. The summed E-state index contributed by atoms with van der Waals surface area (Å²) in [5, 5.41) is 0. The second kappa shape index (κ2) is 8.41. The highest BCUT2D eigenvalue weighted by atomic mass is 16.2. The molecule has 2 saturated heterocycles. The third kappa shape index (κ3) is 3.68. The molecule has 2 aromatic heterocycles. The van der Waals surface area contributed by atoms with Crippen molar-refractivity contribution < 1.29 is 9.59 Å². The van der Waals surface area contributed by atoms with Crippen molar-refractivity contribution in [1.29, 1.82) is 0 Å². The van der Waals surface area contributed by atoms with E-state index in [1.807, 2.05) is 15.9 Å². The van der Waals surface area contributed by atoms with Gasteiger partial charge in [0.15, 0.2) is 0 Å². The van der Waals surface area contributed by atoms with Gasteiger partial charge in [-0.2, -0.15) is 0 Å². The minimum absolute atomic E-state index is 0.150. The van der Waals surface area contributed by atoms with Crippen molar-refractivity contribution in [2.45, 2.75) is 44.4 Å². The molecule has 0 spiro atoms. The fourth-order valence-corrected chi connectivity index (χ4v) is 5.30. The zero-order valence-corrected chi connectivity index (χ0v) is 18.7. The maximum absolute atomic E-state index is 12.9. The molecule has 0 atom stereocenters. The fraction of sp³-hybridized carbons (Fsp3) is 0.423. The zero-order valence-electron chi connectivity index (χ0n) is 18.7. The molecule has 0 bridgehead atoms. The number of hydrogen-bond donors (Lipinski definition) is 0. The minimum Gasteiger partial charge on any atom is -0.343 e. The summed E-state index contributed by atoms with van der Waals surface area (Å²) in [6.45, 7) is 4.83. The highest BCUT2D eigenvalue weighted by Crippen LogP contribution is 2.41. The molecule has 6 nitrogen and oxygen atoms in total. The third-order valence-electron chi connectivity index (χ3n) is 7.23. The van der Waals surface area contributed by atoms with Crippen LogP contribution in [0.3, 0.4) is 0 Å². The lowest BCUT2D eigenvalue weighted by Crippen LogP contribution is -2.46. The molecule has 166 valence electrons. The Morgan fingerprint density at radius 2 is 1.84 bits per heavy atom. The van der Waals surface area contributed by atoms with Gasteiger partial charge in [-0.05, 0) is 43.4 Å². The lowest BCUT2D eigenvalue weighted by atomic mass is 9.70. The summed E-state index contributed by atoms with van der Waals surface area (Å²) in [4.78, 5) is 33.6. The van der Waals surface area contributed by atoms with Crippen molar-refractivity contribution in [3.63, 3.8) is 0 Å². The minimum atomic E-state index is -0.207. The number of aryl methyl sites for hydroxylation is 1. The van der Waals surface area contributed by atoms with Crippen LogP contribution in [0.1, 0.15) is 48.9 Å². The van der Waals surface area contributed by atoms with Crippen molar-refractivity contribution in [3.05, 3.63) is 71.7 Å². The Balaban J connectivity index is 1.37. The molecule has 2 fully saturated rings. The smallest absolute Gasteiger partial charge is 0.224 e. The van der Waals surface area contributed by atoms with Crippen LogP contribution < -0.4 is 0 Å². The predicted octanol–water partition coefficient (Wildman–Crippen LogP) is 3.56. The number of aromatic nitrogens is 2. The van der Waals surface area contributed by atoms with Gasteiger partial charge in [0.1, 0.15) is 5.65 Å². The molecule has 2 amide bonds. The lowest BCUT2D eigenvalue weighted by molar-refractivity contribution is -0.134. The average molecular weight is 431 g/mol. The number of fused-ring (bicyclic) bond motifs is 1. The monoisotopic (exact) mass is 430 g/mol. The van der Waals surface area contributed by atoms with Gasteiger partial charge in [-0.15, -0.1) is 0 Å². The lowest BCUT2D eigenvalue weighted by Gasteiger charge is -2.41. The predicted molar refractivity (Wildman–Crippen MR) is 123 cm³/mol. The number of rotatable bonds is 5. The SMILES string of the molecule is Cc1cccn2cc(C3(c4ccccc4)CCN(C(=O)CCN4CCCC4=O)CC3)nc12. The summed E-state index contributed by atoms with van der Waals surface area (Å²) in [5.74, 6) is 0.332. The van der Waals surface area contributed by atoms with E-state index in [9.17, 15) is 9.59 Å². The number of pyridine rings is 1. The molecule has 0 N–H and O–H groups in total. The largest absolute Gasteiger partial charge is 0.343 e. The fourth-order valence-electron chi connectivity index (χ4n) is 5.30. The van der Waals surface area contributed by atoms with Crippen molar-refractivity contribution in [1.82, 2.24) is 19.2 Å². The molecule has 0 aliphatic carbocycles. The van der Waals surface area contributed by atoms with Crippen molar-refractivity contribution >= 4 is 17.5 Å². The van der Waals surface area contributed by atoms with E-state index in [1.54, 1.807) is 0 Å². The third-order valence-corrected chi connectivity index (χ3v) is 7.23. The van der Waals surface area contributed by atoms with Crippen LogP contribution >= 0.6 is 0 Å². The quantitative estimate of drug-likeness (QED) is 0.622. The first-order valence-electron chi connectivity index (χ1n) is 11.6. The Kier molecular flexibility index (Phi) is 5.45. The van der Waals surface area contributed by atoms with Gasteiger partial charge >= 0.3 is 0 Å². The molecule has 0 radical (unpaired) electrons. The second-order valence-corrected chi connectivity index (χ2v) is 9.11. The molecule has 1 aromatic carbocycles. The van der Waals surface area contributed by atoms with Gasteiger partial charge in [0.25, 0.3) is 0 Å². The average Bonchev–Trinajstić information content (AvgIpc) is 3.45. The van der Waals surface area contributed by atoms with Crippen LogP contribution in [0.4, 0.5) is 0 Å². The molecule has 0 saturated carbocycles. The van der Waals surface area contributed by atoms with Gasteiger partial charge in [0.2, 0.25) is 11.8 Å². The molecule has 4 heterocycles. The van der Waals surface area contributed by atoms with Gasteiger partial charge in [0.05, 0.1) is 5.69 Å². The van der Waals surface area contributed by atoms with E-state index in [4.69, 9.17) is 4.98 Å². The summed E-state index contributed by atoms with van der Waals surface area (Å²) in [6.07, 6.45) is 7.84. The van der Waals surface area contributed by atoms with Crippen LogP contribution in [-0.4, -0.2) is 57.2 Å². The Morgan fingerprint density at radius 3 is 2.53 bits per heavy atom. The van der Waals surface area contributed by atoms with E-state index in [0.29, 0.717) is 32.5 Å². The summed E-state index contributed by atoms with van der Waals surface area (Å²) in [5.41, 5.74) is 4.28. The maximum atomic E-state index is 12.9. The van der Waals surface area contributed by atoms with E-state index in [2.05, 4.69) is 60.1 Å². The summed E-state index contributed by atoms with van der Waals surface area (Å²) in [6, 6.07) is 14.7. The van der Waals surface area contributed by atoms with Crippen molar-refractivity contribution in [3.8, 4) is 0 Å². The molecule has 2 aliphatic heterocycles. The van der Waals surface area contributed by atoms with Gasteiger partial charge in [-0.3, -0.25) is 9.59 Å². The number of carbonyl (C=O) groups is 2. The van der Waals surface area contributed by atoms with Gasteiger partial charge in [-0.1, -0.05) is 36.4 Å². The summed E-state index contributed by atoms with van der Waals surface area (Å²) < 4.78 is 2.11. The number of piperidine rings is 1. The first-order valence-corrected chi connectivity index (χ1v) is 11.6. The molecule has 6 heteroatoms. The standard InChI is InChI=1S/C26H30N4O2/c1-20-7-5-15-30-19-22(27-25(20)30)26(21-8-3-2-4-9-21)12-17-29(18-13-26)24(32)11-16-28-14-6-10-23(28)31/h2-5,7-9,15,19H,6,10-14,16-18H2,1H3. The van der Waals surface area contributed by atoms with Gasteiger partial charge in [0, 0.05) is 56.8 Å². The normalized spacial score (nSPS) is 18.5. The van der Waals surface area contributed by atoms with E-state index >= 15 is 0 Å². The highest BCUT2D eigenvalue weighted by molar-refractivity contribution is 5.80. The van der Waals surface area contributed by atoms with Crippen LogP contribution in [0.5, 0.6) is 0 Å². The first-order chi connectivity index (χ1) is 15.6. The Morgan fingerprint density at radius 1 is 1.06 bits per heavy atom. The Labute approximate surface area is 188 Å². The Bertz CT molecular complexity index is 1130. The number of carbonyl (C=O) groups excluding carboxylic acids is 2. The topological polar surface area (TPSA) is 57.9 Å². The number of hydrogen-bond acceptors (Lipinski definition) is 3. The number of amides is 2. The van der Waals surface area contributed by atoms with Crippen LogP contribution in [0.25, 0.3) is 5.65 Å². The van der Waals surface area contributed by atoms with E-state index < -0.39 is 0 Å². The van der Waals surface area contributed by atoms with Gasteiger partial charge in [-0.25, -0.2) is 4.98 Å². The van der Waals surface area contributed by atoms with E-state index in [0.717, 1.165) is 42.7 Å². The van der Waals surface area contributed by atoms with Crippen LogP contribution in [0.2, 0.25) is 0 Å². The maximum Gasteiger partial charge on any atom is 0.224 e. The van der Waals surface area contributed by atoms with Crippen LogP contribution in [-0.2, 0) is 15.0 Å². The molecule has 5 rings (SSSR count). The van der Waals surface area contributed by atoms with E-state index in [-0.39, 0.29) is 17.2 Å². The number of benzene rings is 1. The Hall–Kier alpha value is -3.15. The van der Waals surface area contributed by atoms with Crippen LogP contribution in [0.15, 0.2) is 54.9 Å². The molecule has 0 unspecified atom stereocenters. The number of imidazole rings is 1.